The highest BCUT2D eigenvalue weighted by atomic mass is 32.2. The molecule has 1 atom stereocenters. The van der Waals surface area contributed by atoms with Gasteiger partial charge in [-0.3, -0.25) is 4.90 Å². The van der Waals surface area contributed by atoms with Crippen molar-refractivity contribution in [2.75, 3.05) is 46.3 Å². The summed E-state index contributed by atoms with van der Waals surface area (Å²) in [6.45, 7) is 6.04. The number of carbonyl (C=O) groups is 1. The second-order valence-electron chi connectivity index (χ2n) is 6.63. The molecule has 2 saturated heterocycles. The molecule has 2 amide bonds. The number of hydrogen-bond donors (Lipinski definition) is 1. The number of piperazine rings is 1. The minimum Gasteiger partial charge on any atom is -0.341 e. The summed E-state index contributed by atoms with van der Waals surface area (Å²) >= 11 is 1.27. The maximum atomic E-state index is 12.7. The summed E-state index contributed by atoms with van der Waals surface area (Å²) in [5.74, 6) is 0. The van der Waals surface area contributed by atoms with Crippen LogP contribution in [0.4, 0.5) is 4.79 Å². The molecule has 0 aromatic carbocycles. The van der Waals surface area contributed by atoms with Crippen molar-refractivity contribution in [1.82, 2.24) is 19.4 Å². The van der Waals surface area contributed by atoms with Crippen molar-refractivity contribution in [3.8, 4) is 0 Å². The molecule has 2 aliphatic rings. The summed E-state index contributed by atoms with van der Waals surface area (Å²) in [4.78, 5) is 16.2. The van der Waals surface area contributed by atoms with Crippen LogP contribution in [-0.2, 0) is 10.0 Å². The zero-order valence-corrected chi connectivity index (χ0v) is 16.4. The predicted octanol–water partition coefficient (Wildman–Crippen LogP) is 1.25. The third-order valence-corrected chi connectivity index (χ3v) is 8.76. The number of nitrogens with zero attached hydrogens (tertiary/aromatic N) is 3. The molecule has 1 aromatic rings. The second kappa shape index (κ2) is 7.22. The summed E-state index contributed by atoms with van der Waals surface area (Å²) in [5, 5.41) is 4.49. The summed E-state index contributed by atoms with van der Waals surface area (Å²) in [5.41, 5.74) is -0.0364. The number of hydrogen-bond acceptors (Lipinski definition) is 5. The Morgan fingerprint density at radius 2 is 2.00 bits per heavy atom. The molecule has 1 N–H and O–H groups in total. The standard InChI is InChI=1S/C16H26N4O3S2/c1-3-16(6-7-18(13-16)15(21)17-2)19-8-10-20(11-9-19)25(22,23)14-5-4-12-24-14/h4-5,12H,3,6-11,13H2,1-2H3,(H,17,21). The lowest BCUT2D eigenvalue weighted by atomic mass is 9.92. The molecular formula is C16H26N4O3S2. The van der Waals surface area contributed by atoms with Gasteiger partial charge in [0.15, 0.2) is 0 Å². The third-order valence-electron chi connectivity index (χ3n) is 5.49. The Bertz CT molecular complexity index is 699. The molecule has 1 aromatic heterocycles. The molecule has 7 nitrogen and oxygen atoms in total. The van der Waals surface area contributed by atoms with E-state index in [-0.39, 0.29) is 11.6 Å². The van der Waals surface area contributed by atoms with Crippen LogP contribution in [0.5, 0.6) is 0 Å². The third kappa shape index (κ3) is 3.42. The summed E-state index contributed by atoms with van der Waals surface area (Å²) in [6, 6.07) is 3.40. The van der Waals surface area contributed by atoms with E-state index in [0.29, 0.717) is 36.9 Å². The smallest absolute Gasteiger partial charge is 0.317 e. The van der Waals surface area contributed by atoms with E-state index in [0.717, 1.165) is 19.4 Å². The summed E-state index contributed by atoms with van der Waals surface area (Å²) in [7, 11) is -1.71. The van der Waals surface area contributed by atoms with Gasteiger partial charge in [-0.2, -0.15) is 4.31 Å². The van der Waals surface area contributed by atoms with E-state index < -0.39 is 10.0 Å². The van der Waals surface area contributed by atoms with Gasteiger partial charge < -0.3 is 10.2 Å². The molecular weight excluding hydrogens is 360 g/mol. The monoisotopic (exact) mass is 386 g/mol. The first-order chi connectivity index (χ1) is 11.9. The van der Waals surface area contributed by atoms with E-state index >= 15 is 0 Å². The van der Waals surface area contributed by atoms with Gasteiger partial charge in [0.05, 0.1) is 0 Å². The van der Waals surface area contributed by atoms with Crippen LogP contribution in [0, 0.1) is 0 Å². The molecule has 9 heteroatoms. The fourth-order valence-electron chi connectivity index (χ4n) is 3.90. The van der Waals surface area contributed by atoms with Gasteiger partial charge in [-0.05, 0) is 24.3 Å². The number of rotatable bonds is 4. The predicted molar refractivity (Wildman–Crippen MR) is 98.3 cm³/mol. The molecule has 0 radical (unpaired) electrons. The van der Waals surface area contributed by atoms with Gasteiger partial charge in [-0.15, -0.1) is 11.3 Å². The Kier molecular flexibility index (Phi) is 5.38. The number of amides is 2. The van der Waals surface area contributed by atoms with Crippen molar-refractivity contribution in [3.63, 3.8) is 0 Å². The van der Waals surface area contributed by atoms with E-state index in [2.05, 4.69) is 17.1 Å². The van der Waals surface area contributed by atoms with Crippen LogP contribution in [-0.4, -0.2) is 80.4 Å². The van der Waals surface area contributed by atoms with Crippen molar-refractivity contribution in [3.05, 3.63) is 17.5 Å². The van der Waals surface area contributed by atoms with Crippen LogP contribution >= 0.6 is 11.3 Å². The Labute approximate surface area is 153 Å². The number of sulfonamides is 1. The van der Waals surface area contributed by atoms with Crippen LogP contribution in [0.25, 0.3) is 0 Å². The summed E-state index contributed by atoms with van der Waals surface area (Å²) < 4.78 is 27.3. The normalized spacial score (nSPS) is 26.1. The lowest BCUT2D eigenvalue weighted by Gasteiger charge is -2.45. The van der Waals surface area contributed by atoms with Gasteiger partial charge in [0.1, 0.15) is 4.21 Å². The molecule has 25 heavy (non-hydrogen) atoms. The molecule has 2 aliphatic heterocycles. The van der Waals surface area contributed by atoms with E-state index in [1.807, 2.05) is 4.90 Å². The topological polar surface area (TPSA) is 73.0 Å². The number of likely N-dealkylation sites (tertiary alicyclic amines) is 1. The van der Waals surface area contributed by atoms with Crippen LogP contribution in [0.3, 0.4) is 0 Å². The number of carbonyl (C=O) groups excluding carboxylic acids is 1. The van der Waals surface area contributed by atoms with Crippen molar-refractivity contribution in [2.24, 2.45) is 0 Å². The molecule has 0 saturated carbocycles. The molecule has 1 unspecified atom stereocenters. The lowest BCUT2D eigenvalue weighted by molar-refractivity contribution is 0.0575. The highest BCUT2D eigenvalue weighted by Crippen LogP contribution is 2.33. The Balaban J connectivity index is 1.66. The average Bonchev–Trinajstić information content (AvgIpc) is 3.32. The fourth-order valence-corrected chi connectivity index (χ4v) is 6.47. The first-order valence-electron chi connectivity index (χ1n) is 8.68. The van der Waals surface area contributed by atoms with Gasteiger partial charge >= 0.3 is 6.03 Å². The Hall–Kier alpha value is -1.16. The van der Waals surface area contributed by atoms with E-state index in [1.54, 1.807) is 28.9 Å². The molecule has 0 aliphatic carbocycles. The molecule has 0 bridgehead atoms. The fraction of sp³-hybridized carbons (Fsp3) is 0.688. The highest BCUT2D eigenvalue weighted by Gasteiger charge is 2.44. The summed E-state index contributed by atoms with van der Waals surface area (Å²) in [6.07, 6.45) is 1.90. The van der Waals surface area contributed by atoms with Gasteiger partial charge in [0.25, 0.3) is 10.0 Å². The molecule has 2 fully saturated rings. The quantitative estimate of drug-likeness (QED) is 0.845. The molecule has 3 heterocycles. The highest BCUT2D eigenvalue weighted by molar-refractivity contribution is 7.91. The zero-order valence-electron chi connectivity index (χ0n) is 14.8. The van der Waals surface area contributed by atoms with Crippen LogP contribution in [0.1, 0.15) is 19.8 Å². The van der Waals surface area contributed by atoms with Crippen molar-refractivity contribution < 1.29 is 13.2 Å². The van der Waals surface area contributed by atoms with Crippen molar-refractivity contribution in [1.29, 1.82) is 0 Å². The van der Waals surface area contributed by atoms with Crippen molar-refractivity contribution in [2.45, 2.75) is 29.5 Å². The van der Waals surface area contributed by atoms with Crippen LogP contribution in [0.2, 0.25) is 0 Å². The number of thiophene rings is 1. The van der Waals surface area contributed by atoms with E-state index in [4.69, 9.17) is 0 Å². The number of nitrogens with one attached hydrogen (secondary N) is 1. The molecule has 140 valence electrons. The first kappa shape index (κ1) is 18.6. The Morgan fingerprint density at radius 1 is 1.28 bits per heavy atom. The van der Waals surface area contributed by atoms with Gasteiger partial charge in [0, 0.05) is 51.9 Å². The minimum atomic E-state index is -3.37. The zero-order chi connectivity index (χ0) is 18.1. The second-order valence-corrected chi connectivity index (χ2v) is 9.74. The molecule has 3 rings (SSSR count). The largest absolute Gasteiger partial charge is 0.341 e. The number of urea groups is 1. The minimum absolute atomic E-state index is 0.0331. The molecule has 0 spiro atoms. The van der Waals surface area contributed by atoms with E-state index in [1.165, 1.54) is 11.3 Å². The van der Waals surface area contributed by atoms with Crippen LogP contribution < -0.4 is 5.32 Å². The first-order valence-corrected chi connectivity index (χ1v) is 11.0. The average molecular weight is 387 g/mol. The van der Waals surface area contributed by atoms with Gasteiger partial charge in [-0.25, -0.2) is 13.2 Å². The maximum Gasteiger partial charge on any atom is 0.317 e. The maximum absolute atomic E-state index is 12.7. The van der Waals surface area contributed by atoms with Gasteiger partial charge in [0.2, 0.25) is 0 Å². The van der Waals surface area contributed by atoms with E-state index in [9.17, 15) is 13.2 Å². The van der Waals surface area contributed by atoms with Crippen LogP contribution in [0.15, 0.2) is 21.7 Å². The Morgan fingerprint density at radius 3 is 2.56 bits per heavy atom. The SMILES string of the molecule is CCC1(N2CCN(S(=O)(=O)c3cccs3)CC2)CCN(C(=O)NC)C1. The van der Waals surface area contributed by atoms with Crippen molar-refractivity contribution >= 4 is 27.4 Å². The lowest BCUT2D eigenvalue weighted by Crippen LogP contribution is -2.59. The van der Waals surface area contributed by atoms with Gasteiger partial charge in [-0.1, -0.05) is 13.0 Å².